The van der Waals surface area contributed by atoms with Gasteiger partial charge in [-0.05, 0) is 0 Å². The average molecular weight is 248 g/mol. The van der Waals surface area contributed by atoms with Crippen molar-refractivity contribution in [1.29, 1.82) is 0 Å². The van der Waals surface area contributed by atoms with Crippen LogP contribution in [0.4, 0.5) is 13.2 Å². The van der Waals surface area contributed by atoms with Crippen molar-refractivity contribution in [3.05, 3.63) is 23.5 Å². The van der Waals surface area contributed by atoms with E-state index in [0.717, 1.165) is 6.07 Å². The molecule has 0 aromatic heterocycles. The second-order valence-corrected chi connectivity index (χ2v) is 4.18. The van der Waals surface area contributed by atoms with Gasteiger partial charge < -0.3 is 15.1 Å². The molecule has 0 aliphatic heterocycles. The summed E-state index contributed by atoms with van der Waals surface area (Å²) in [5.41, 5.74) is 0. The van der Waals surface area contributed by atoms with Gasteiger partial charge in [-0.3, -0.25) is 0 Å². The van der Waals surface area contributed by atoms with E-state index in [0.29, 0.717) is 0 Å². The first-order valence-electron chi connectivity index (χ1n) is 3.64. The maximum absolute atomic E-state index is 12.4. The third-order valence-corrected chi connectivity index (χ3v) is 2.52. The minimum atomic E-state index is -2.17. The molecule has 4 nitrogen and oxygen atoms in total. The predicted molar refractivity (Wildman–Crippen MR) is 45.8 cm³/mol. The van der Waals surface area contributed by atoms with E-state index in [1.165, 1.54) is 0 Å². The van der Waals surface area contributed by atoms with Gasteiger partial charge in [-0.15, -0.1) is 0 Å². The van der Waals surface area contributed by atoms with Gasteiger partial charge in [0.25, 0.3) is 0 Å². The summed E-state index contributed by atoms with van der Waals surface area (Å²) < 4.78 is 37.2. The van der Waals surface area contributed by atoms with Gasteiger partial charge in [0.1, 0.15) is 0 Å². The molecule has 0 bridgehead atoms. The number of rotatable bonds is 0. The van der Waals surface area contributed by atoms with Crippen LogP contribution in [-0.4, -0.2) is 76.5 Å². The number of phenolic OH excluding ortho intramolecular Hbond substituents is 1. The maximum atomic E-state index is 12.4. The van der Waals surface area contributed by atoms with Crippen LogP contribution in [-0.2, 0) is 0 Å². The summed E-state index contributed by atoms with van der Waals surface area (Å²) in [6, 6.07) is 0.813. The van der Waals surface area contributed by atoms with Gasteiger partial charge in [0, 0.05) is 0 Å². The predicted octanol–water partition coefficient (Wildman–Crippen LogP) is -1.45. The monoisotopic (exact) mass is 248 g/mol. The third-order valence-electron chi connectivity index (χ3n) is 1.33. The van der Waals surface area contributed by atoms with Crippen molar-refractivity contribution in [2.24, 2.45) is 0 Å². The van der Waals surface area contributed by atoms with Crippen LogP contribution in [0.2, 0.25) is 0 Å². The molecule has 9 heteroatoms. The summed E-state index contributed by atoms with van der Waals surface area (Å²) in [5, 5.41) is 30.3. The molecule has 0 spiro atoms. The number of hydrogen-bond donors (Lipinski definition) is 4. The first-order chi connectivity index (χ1) is 6.77. The molecule has 0 fully saturated rings. The Morgan fingerprint density at radius 2 is 1.47 bits per heavy atom. The van der Waals surface area contributed by atoms with Crippen molar-refractivity contribution in [2.75, 3.05) is 0 Å². The van der Waals surface area contributed by atoms with Gasteiger partial charge in [0.15, 0.2) is 0 Å². The fourth-order valence-corrected chi connectivity index (χ4v) is 1.44. The zero-order valence-electron chi connectivity index (χ0n) is 7.58. The Hall–Kier alpha value is 0.391. The van der Waals surface area contributed by atoms with Crippen molar-refractivity contribution >= 4 is 55.9 Å². The Bertz CT molecular complexity index is 321. The quantitative estimate of drug-likeness (QED) is 0.334. The first-order valence-corrected chi connectivity index (χ1v) is 5.20. The summed E-state index contributed by atoms with van der Waals surface area (Å²) in [7, 11) is -2.17. The van der Waals surface area contributed by atoms with Crippen molar-refractivity contribution < 1.29 is 33.3 Å². The fourth-order valence-electron chi connectivity index (χ4n) is 0.704. The number of benzene rings is 1. The average Bonchev–Trinajstić information content (AvgIpc) is 2.11. The number of halogens is 3. The summed E-state index contributed by atoms with van der Waals surface area (Å²) in [4.78, 5) is 0. The molecule has 0 aliphatic rings. The molecule has 0 amide bonds. The Labute approximate surface area is 117 Å². The van der Waals surface area contributed by atoms with Gasteiger partial charge in [0.2, 0.25) is 0 Å². The molecule has 0 saturated heterocycles. The Morgan fingerprint density at radius 3 is 1.87 bits per heavy atom. The number of hydrogen-bond acceptors (Lipinski definition) is 4. The summed E-state index contributed by atoms with van der Waals surface area (Å²) in [6.07, 6.45) is 0. The molecule has 1 aromatic carbocycles. The molecule has 0 radical (unpaired) electrons. The van der Waals surface area contributed by atoms with Crippen LogP contribution >= 0.6 is 0 Å². The van der Waals surface area contributed by atoms with Crippen molar-refractivity contribution in [2.45, 2.75) is 0 Å². The first kappa shape index (κ1) is 15.4. The molecule has 1 rings (SSSR count). The second-order valence-electron chi connectivity index (χ2n) is 2.50. The Morgan fingerprint density at radius 1 is 1.07 bits per heavy atom. The van der Waals surface area contributed by atoms with Gasteiger partial charge >= 0.3 is 103 Å². The normalized spacial score (nSPS) is 9.33. The van der Waals surface area contributed by atoms with Crippen LogP contribution in [0.15, 0.2) is 6.07 Å². The topological polar surface area (TPSA) is 80.9 Å². The molecule has 0 atom stereocenters. The second kappa shape index (κ2) is 6.86. The van der Waals surface area contributed by atoms with E-state index in [1.807, 2.05) is 0 Å². The van der Waals surface area contributed by atoms with E-state index in [1.54, 1.807) is 0 Å². The number of aromatic hydroxyl groups is 1. The van der Waals surface area contributed by atoms with Crippen molar-refractivity contribution in [1.82, 2.24) is 0 Å². The van der Waals surface area contributed by atoms with Gasteiger partial charge in [-0.2, -0.15) is 0 Å². The molecular formula is C6H5BF3KO4. The van der Waals surface area contributed by atoms with E-state index in [-0.39, 0.29) is 48.6 Å². The van der Waals surface area contributed by atoms with E-state index in [9.17, 15) is 13.2 Å². The van der Waals surface area contributed by atoms with E-state index < -0.39 is 30.5 Å². The van der Waals surface area contributed by atoms with E-state index in [4.69, 9.17) is 20.2 Å². The van der Waals surface area contributed by atoms with Gasteiger partial charge in [-0.1, -0.05) is 0 Å². The van der Waals surface area contributed by atoms with E-state index >= 15 is 0 Å². The minimum absolute atomic E-state index is 0.0769. The van der Waals surface area contributed by atoms with Gasteiger partial charge in [0.05, 0.1) is 0 Å². The van der Waals surface area contributed by atoms with Crippen molar-refractivity contribution in [3.8, 4) is 5.75 Å². The Balaban J connectivity index is 0.000000423. The van der Waals surface area contributed by atoms with Crippen LogP contribution in [0.25, 0.3) is 0 Å². The van der Waals surface area contributed by atoms with Crippen LogP contribution in [0.3, 0.4) is 0 Å². The molecule has 1 aromatic rings. The van der Waals surface area contributed by atoms with Crippen LogP contribution in [0.1, 0.15) is 0 Å². The molecule has 15 heavy (non-hydrogen) atoms. The number of phenols is 1. The molecule has 78 valence electrons. The van der Waals surface area contributed by atoms with Gasteiger partial charge in [-0.25, -0.2) is 0 Å². The molecule has 0 aliphatic carbocycles. The standard InChI is InChI=1S/C6H2F3O.BH3O3.K/c7-3-1-2-4(10)6(9)5(3)8;2-1(3)4;/h1,10H;2-4H;. The third kappa shape index (κ3) is 5.31. The SMILES string of the molecule is OB(O)O.Oc1[c]([K])cc(F)c(F)c1F. The summed E-state index contributed by atoms with van der Waals surface area (Å²) >= 11 is -0.0769. The van der Waals surface area contributed by atoms with E-state index in [2.05, 4.69) is 0 Å². The fraction of sp³-hybridized carbons (Fsp3) is 0. The van der Waals surface area contributed by atoms with Crippen molar-refractivity contribution in [3.63, 3.8) is 0 Å². The summed E-state index contributed by atoms with van der Waals surface area (Å²) in [5.74, 6) is -5.11. The van der Waals surface area contributed by atoms with Crippen LogP contribution in [0, 0.1) is 17.5 Å². The molecule has 0 saturated carbocycles. The Kier molecular flexibility index (Phi) is 7.04. The molecule has 0 heterocycles. The zero-order chi connectivity index (χ0) is 12.2. The molecule has 0 unspecified atom stereocenters. The van der Waals surface area contributed by atoms with Crippen LogP contribution in [0.5, 0.6) is 5.75 Å². The zero-order valence-corrected chi connectivity index (χ0v) is 10.7. The van der Waals surface area contributed by atoms with Crippen LogP contribution < -0.4 is -0.342 Å². The molecule has 4 N–H and O–H groups in total. The molecular weight excluding hydrogens is 243 g/mol. The summed E-state index contributed by atoms with van der Waals surface area (Å²) in [6.45, 7) is 0.